The molecule has 0 saturated heterocycles. The fraction of sp³-hybridized carbons (Fsp3) is 0.492. The van der Waals surface area contributed by atoms with Crippen LogP contribution in [-0.2, 0) is 28.7 Å². The summed E-state index contributed by atoms with van der Waals surface area (Å²) in [6.07, 6.45) is 0.625. The second kappa shape index (κ2) is 45.2. The average Bonchev–Trinajstić information content (AvgIpc) is 3.40. The van der Waals surface area contributed by atoms with Gasteiger partial charge in [0.05, 0.1) is 30.2 Å². The number of rotatable bonds is 18. The Labute approximate surface area is 493 Å². The van der Waals surface area contributed by atoms with Gasteiger partial charge in [0, 0.05) is 70.5 Å². The van der Waals surface area contributed by atoms with Crippen molar-refractivity contribution in [3.8, 4) is 47.4 Å². The molecule has 3 aromatic rings. The van der Waals surface area contributed by atoms with Gasteiger partial charge in [0.15, 0.2) is 0 Å². The number of esters is 1. The van der Waals surface area contributed by atoms with Gasteiger partial charge in [0.25, 0.3) is 0 Å². The predicted octanol–water partition coefficient (Wildman–Crippen LogP) is 6.70. The second-order valence-electron chi connectivity index (χ2n) is 17.7. The van der Waals surface area contributed by atoms with Crippen molar-refractivity contribution in [3.05, 3.63) is 108 Å². The van der Waals surface area contributed by atoms with E-state index in [1.54, 1.807) is 65.4 Å². The number of carboxylic acid groups (broad SMARTS) is 1. The molecular weight excluding hydrogens is 974 g/mol. The third-order valence-electron chi connectivity index (χ3n) is 11.7. The number of aliphatic hydroxyl groups is 2. The van der Waals surface area contributed by atoms with Crippen LogP contribution in [0.3, 0.4) is 0 Å². The molecule has 0 aliphatic heterocycles. The maximum atomic E-state index is 12.5. The Bertz CT molecular complexity index is 2280. The summed E-state index contributed by atoms with van der Waals surface area (Å²) in [6, 6.07) is 28.1. The molecule has 13 nitrogen and oxygen atoms in total. The summed E-state index contributed by atoms with van der Waals surface area (Å²) < 4.78 is 5.47. The van der Waals surface area contributed by atoms with E-state index in [1.165, 1.54) is 6.92 Å². The fourth-order valence-corrected chi connectivity index (χ4v) is 6.23. The summed E-state index contributed by atoms with van der Waals surface area (Å²) in [5.41, 5.74) is 2.65. The van der Waals surface area contributed by atoms with E-state index in [4.69, 9.17) is 9.84 Å². The predicted molar refractivity (Wildman–Crippen MR) is 296 cm³/mol. The third kappa shape index (κ3) is 32.9. The molecule has 14 heteroatoms. The molecule has 4 unspecified atom stereocenters. The number of hydrogen-bond acceptors (Lipinski definition) is 10. The number of aliphatic hydroxyl groups excluding tert-OH is 2. The van der Waals surface area contributed by atoms with Gasteiger partial charge < -0.3 is 40.6 Å². The molecule has 5 N–H and O–H groups in total. The van der Waals surface area contributed by atoms with E-state index in [2.05, 4.69) is 52.7 Å². The number of ketones is 1. The zero-order chi connectivity index (χ0) is 56.1. The Kier molecular flexibility index (Phi) is 46.0. The largest absolute Gasteiger partial charge is 1.00 e. The molecule has 0 aliphatic rings. The molecule has 3 aromatic carbocycles. The topological polar surface area (TPSA) is 204 Å². The van der Waals surface area contributed by atoms with Crippen LogP contribution in [0.1, 0.15) is 151 Å². The van der Waals surface area contributed by atoms with Gasteiger partial charge in [-0.3, -0.25) is 24.0 Å². The number of likely N-dealkylation sites (N-methyl/N-ethyl adjacent to an activating group) is 3. The summed E-state index contributed by atoms with van der Waals surface area (Å²) in [7, 11) is 5.31. The van der Waals surface area contributed by atoms with E-state index in [9.17, 15) is 34.2 Å². The van der Waals surface area contributed by atoms with Crippen molar-refractivity contribution < 1.29 is 101 Å². The molecule has 406 valence electrons. The zero-order valence-electron chi connectivity index (χ0n) is 47.9. The van der Waals surface area contributed by atoms with Crippen LogP contribution >= 0.6 is 0 Å². The number of ether oxygens (including phenoxy) is 1. The molecular formula is C61H86KN3O10. The molecule has 0 fully saturated rings. The first-order valence-corrected chi connectivity index (χ1v) is 24.7. The molecule has 0 aliphatic carbocycles. The minimum absolute atomic E-state index is 0. The summed E-state index contributed by atoms with van der Waals surface area (Å²) in [6.45, 7) is 23.0. The third-order valence-corrected chi connectivity index (χ3v) is 11.7. The van der Waals surface area contributed by atoms with Crippen molar-refractivity contribution in [1.29, 1.82) is 0 Å². The quantitative estimate of drug-likeness (QED) is 0.0600. The second-order valence-corrected chi connectivity index (χ2v) is 17.7. The minimum Gasteiger partial charge on any atom is -0.870 e. The Morgan fingerprint density at radius 1 is 0.533 bits per heavy atom. The van der Waals surface area contributed by atoms with E-state index in [1.807, 2.05) is 140 Å². The molecule has 0 bridgehead atoms. The van der Waals surface area contributed by atoms with Crippen molar-refractivity contribution in [2.75, 3.05) is 21.1 Å². The molecule has 0 radical (unpaired) electrons. The zero-order valence-corrected chi connectivity index (χ0v) is 51.0. The van der Waals surface area contributed by atoms with E-state index in [0.717, 1.165) is 16.7 Å². The molecule has 0 aromatic heterocycles. The standard InChI is InChI=1S/C19H25NO3.C17H23NO2.C10H15NO.C8H12O.C7H10O2.K.H2O/c1-6-7-11-14(2)19(22)20(5)15(3)18(23-16(4)21)17-12-9-8-10-13-17;1-5-6-10-13(2)17(20)18(4)14(3)16(19)15-11-8-7-9-12-15;1-8(11-2)10(12)9-6-4-3-5-7-9;1-4-5-6-7(2)8(3)9;1-3-4-5-6(2)7(8)9;;/h8-10,12-15,18H,11H2,1-5H3;7-9,11-14,16,19H,10H2,1-4H3;3-8,10-12H,1-2H3;7H,6H2,1-3H3;6H,5H2,1-2H3,(H,8,9);;1H2/q;;;;;+1;/p-1/t14?,15-,18+;13?,14-,16+;8-,10+;;;;/m111..../s1. The van der Waals surface area contributed by atoms with Crippen LogP contribution in [-0.4, -0.2) is 99.4 Å². The Morgan fingerprint density at radius 3 is 1.17 bits per heavy atom. The number of carbonyl (C=O) groups is 5. The first-order valence-electron chi connectivity index (χ1n) is 24.7. The van der Waals surface area contributed by atoms with Gasteiger partial charge in [0.1, 0.15) is 11.9 Å². The molecule has 3 rings (SSSR count). The minimum atomic E-state index is -0.780. The van der Waals surface area contributed by atoms with Crippen molar-refractivity contribution in [2.45, 2.75) is 152 Å². The van der Waals surface area contributed by atoms with Crippen LogP contribution in [0.5, 0.6) is 0 Å². The average molecular weight is 1060 g/mol. The summed E-state index contributed by atoms with van der Waals surface area (Å²) in [5, 5.41) is 31.4. The van der Waals surface area contributed by atoms with Crippen LogP contribution in [0, 0.1) is 71.0 Å². The molecule has 0 spiro atoms. The van der Waals surface area contributed by atoms with Crippen molar-refractivity contribution in [3.63, 3.8) is 0 Å². The molecule has 0 saturated carbocycles. The summed E-state index contributed by atoms with van der Waals surface area (Å²) in [4.78, 5) is 60.2. The number of nitrogens with zero attached hydrogens (tertiary/aromatic N) is 2. The van der Waals surface area contributed by atoms with Crippen LogP contribution in [0.2, 0.25) is 0 Å². The van der Waals surface area contributed by atoms with Gasteiger partial charge in [-0.1, -0.05) is 119 Å². The van der Waals surface area contributed by atoms with Gasteiger partial charge >= 0.3 is 63.3 Å². The Morgan fingerprint density at radius 2 is 0.853 bits per heavy atom. The number of nitrogens with one attached hydrogen (secondary N) is 1. The van der Waals surface area contributed by atoms with E-state index in [0.29, 0.717) is 25.7 Å². The normalized spacial score (nSPS) is 13.4. The van der Waals surface area contributed by atoms with Crippen molar-refractivity contribution in [1.82, 2.24) is 15.1 Å². The van der Waals surface area contributed by atoms with E-state index < -0.39 is 24.3 Å². The molecule has 75 heavy (non-hydrogen) atoms. The van der Waals surface area contributed by atoms with Crippen molar-refractivity contribution in [2.24, 2.45) is 23.7 Å². The number of benzene rings is 3. The van der Waals surface area contributed by atoms with E-state index in [-0.39, 0.29) is 122 Å². The Balaban J connectivity index is -0.000000440. The number of carboxylic acids is 1. The van der Waals surface area contributed by atoms with Gasteiger partial charge in [-0.2, -0.15) is 0 Å². The van der Waals surface area contributed by atoms with Gasteiger partial charge in [-0.15, -0.1) is 47.4 Å². The first kappa shape index (κ1) is 76.4. The number of amides is 2. The fourth-order valence-electron chi connectivity index (χ4n) is 6.23. The Hall–Kier alpha value is -5.07. The van der Waals surface area contributed by atoms with Gasteiger partial charge in [-0.05, 0) is 79.1 Å². The van der Waals surface area contributed by atoms with Crippen LogP contribution in [0.25, 0.3) is 0 Å². The van der Waals surface area contributed by atoms with Crippen LogP contribution in [0.4, 0.5) is 0 Å². The summed E-state index contributed by atoms with van der Waals surface area (Å²) in [5.74, 6) is 20.9. The van der Waals surface area contributed by atoms with Crippen LogP contribution in [0.15, 0.2) is 91.0 Å². The summed E-state index contributed by atoms with van der Waals surface area (Å²) >= 11 is 0. The maximum Gasteiger partial charge on any atom is 1.00 e. The molecule has 0 heterocycles. The van der Waals surface area contributed by atoms with Crippen LogP contribution < -0.4 is 56.7 Å². The number of aliphatic carboxylic acids is 1. The first-order chi connectivity index (χ1) is 34.5. The monoisotopic (exact) mass is 1060 g/mol. The van der Waals surface area contributed by atoms with Gasteiger partial charge in [0.2, 0.25) is 11.8 Å². The number of Topliss-reactive ketones (excluding diaryl/α,β-unsaturated/α-hetero) is 1. The van der Waals surface area contributed by atoms with E-state index >= 15 is 0 Å². The molecule has 10 atom stereocenters. The number of carbonyl (C=O) groups excluding carboxylic acids is 4. The maximum absolute atomic E-state index is 12.5. The SMILES string of the molecule is CC#CCC(C)C(=O)N(C)[C@H](C)[C@H](O)c1ccccc1.CC#CCC(C)C(=O)N(C)[C@H](C)[C@H](OC(C)=O)c1ccccc1.CC#CCC(C)C(=O)O.CC#CCC(C)C(C)=O.CN[C@H](C)[C@H](O)c1ccccc1.[K+].[OH-]. The van der Waals surface area contributed by atoms with Crippen molar-refractivity contribution >= 4 is 29.5 Å². The smallest absolute Gasteiger partial charge is 0.870 e. The molecule has 2 amide bonds. The number of hydrogen-bond donors (Lipinski definition) is 4. The van der Waals surface area contributed by atoms with Gasteiger partial charge in [-0.25, -0.2) is 0 Å².